The molecule has 6 heteroatoms. The number of methoxy groups -OCH3 is 1. The van der Waals surface area contributed by atoms with E-state index in [0.29, 0.717) is 42.1 Å². The average Bonchev–Trinajstić information content (AvgIpc) is 2.78. The van der Waals surface area contributed by atoms with E-state index in [0.717, 1.165) is 0 Å². The molecule has 2 aromatic rings. The summed E-state index contributed by atoms with van der Waals surface area (Å²) in [4.78, 5) is 16.0. The van der Waals surface area contributed by atoms with Gasteiger partial charge in [0.1, 0.15) is 12.1 Å². The molecule has 0 bridgehead atoms. The first kappa shape index (κ1) is 14.5. The number of nitrogens with zero attached hydrogens (tertiary/aromatic N) is 1. The van der Waals surface area contributed by atoms with Crippen molar-refractivity contribution in [3.63, 3.8) is 0 Å². The summed E-state index contributed by atoms with van der Waals surface area (Å²) in [5.74, 6) is 0.463. The Hall–Kier alpha value is -1.92. The second kappa shape index (κ2) is 6.49. The lowest BCUT2D eigenvalue weighted by Gasteiger charge is -2.06. The molecule has 6 nitrogen and oxygen atoms in total. The van der Waals surface area contributed by atoms with E-state index in [-0.39, 0.29) is 11.9 Å². The molecule has 0 aliphatic carbocycles. The van der Waals surface area contributed by atoms with Gasteiger partial charge in [0.05, 0.1) is 0 Å². The van der Waals surface area contributed by atoms with Crippen LogP contribution in [0.2, 0.25) is 0 Å². The van der Waals surface area contributed by atoms with Gasteiger partial charge in [-0.25, -0.2) is 4.98 Å². The maximum Gasteiger partial charge on any atom is 0.224 e. The third-order valence-electron chi connectivity index (χ3n) is 2.81. The van der Waals surface area contributed by atoms with Crippen molar-refractivity contribution in [2.75, 3.05) is 12.4 Å². The summed E-state index contributed by atoms with van der Waals surface area (Å²) in [6.45, 7) is 2.21. The quantitative estimate of drug-likeness (QED) is 0.843. The molecule has 0 saturated heterocycles. The molecule has 1 unspecified atom stereocenters. The number of anilines is 1. The molecule has 0 aliphatic heterocycles. The van der Waals surface area contributed by atoms with Gasteiger partial charge in [-0.15, -0.1) is 0 Å². The van der Waals surface area contributed by atoms with Crippen LogP contribution in [-0.2, 0) is 16.1 Å². The van der Waals surface area contributed by atoms with Gasteiger partial charge in [0.2, 0.25) is 11.8 Å². The molecule has 0 saturated carbocycles. The highest BCUT2D eigenvalue weighted by Gasteiger charge is 2.08. The first-order valence-corrected chi connectivity index (χ1v) is 6.52. The number of nitrogens with one attached hydrogen (secondary N) is 1. The Morgan fingerprint density at radius 2 is 2.35 bits per heavy atom. The van der Waals surface area contributed by atoms with Crippen molar-refractivity contribution < 1.29 is 13.9 Å². The Labute approximate surface area is 117 Å². The number of benzene rings is 1. The van der Waals surface area contributed by atoms with Crippen molar-refractivity contribution in [2.24, 2.45) is 5.73 Å². The van der Waals surface area contributed by atoms with E-state index in [1.165, 1.54) is 0 Å². The number of hydrogen-bond donors (Lipinski definition) is 2. The van der Waals surface area contributed by atoms with Crippen molar-refractivity contribution in [3.8, 4) is 0 Å². The predicted molar refractivity (Wildman–Crippen MR) is 76.2 cm³/mol. The van der Waals surface area contributed by atoms with E-state index in [9.17, 15) is 4.79 Å². The van der Waals surface area contributed by atoms with Crippen LogP contribution in [0.15, 0.2) is 22.6 Å². The van der Waals surface area contributed by atoms with Gasteiger partial charge in [0, 0.05) is 25.3 Å². The van der Waals surface area contributed by atoms with Crippen LogP contribution in [0.25, 0.3) is 11.1 Å². The van der Waals surface area contributed by atoms with Crippen molar-refractivity contribution in [3.05, 3.63) is 24.1 Å². The van der Waals surface area contributed by atoms with Crippen LogP contribution >= 0.6 is 0 Å². The lowest BCUT2D eigenvalue weighted by Crippen LogP contribution is -2.19. The van der Waals surface area contributed by atoms with E-state index < -0.39 is 0 Å². The van der Waals surface area contributed by atoms with Gasteiger partial charge in [0.15, 0.2) is 5.58 Å². The minimum Gasteiger partial charge on any atom is -0.438 e. The molecule has 0 fully saturated rings. The molecule has 3 N–H and O–H groups in total. The normalized spacial score (nSPS) is 12.6. The van der Waals surface area contributed by atoms with Crippen molar-refractivity contribution in [2.45, 2.75) is 32.4 Å². The van der Waals surface area contributed by atoms with Gasteiger partial charge in [-0.2, -0.15) is 0 Å². The maximum atomic E-state index is 11.7. The molecular formula is C14H19N3O3. The van der Waals surface area contributed by atoms with Crippen LogP contribution < -0.4 is 11.1 Å². The lowest BCUT2D eigenvalue weighted by molar-refractivity contribution is -0.116. The number of ether oxygens (including phenoxy) is 1. The Bertz CT molecular complexity index is 592. The molecule has 1 aromatic carbocycles. The molecule has 2 rings (SSSR count). The molecule has 0 aliphatic rings. The smallest absolute Gasteiger partial charge is 0.224 e. The van der Waals surface area contributed by atoms with Crippen LogP contribution in [0.4, 0.5) is 5.69 Å². The van der Waals surface area contributed by atoms with Crippen molar-refractivity contribution in [1.29, 1.82) is 0 Å². The monoisotopic (exact) mass is 277 g/mol. The van der Waals surface area contributed by atoms with Crippen LogP contribution in [0.5, 0.6) is 0 Å². The molecule has 108 valence electrons. The molecule has 1 atom stereocenters. The Balaban J connectivity index is 2.05. The summed E-state index contributed by atoms with van der Waals surface area (Å²) in [7, 11) is 1.58. The maximum absolute atomic E-state index is 11.7. The summed E-state index contributed by atoms with van der Waals surface area (Å²) in [6.07, 6.45) is 1.07. The van der Waals surface area contributed by atoms with Crippen LogP contribution in [-0.4, -0.2) is 24.0 Å². The van der Waals surface area contributed by atoms with Gasteiger partial charge in [0.25, 0.3) is 0 Å². The Morgan fingerprint density at radius 3 is 3.05 bits per heavy atom. The highest BCUT2D eigenvalue weighted by Crippen LogP contribution is 2.20. The van der Waals surface area contributed by atoms with Crippen LogP contribution in [0.1, 0.15) is 25.7 Å². The third kappa shape index (κ3) is 3.79. The number of rotatable bonds is 6. The van der Waals surface area contributed by atoms with E-state index >= 15 is 0 Å². The van der Waals surface area contributed by atoms with E-state index in [2.05, 4.69) is 10.3 Å². The summed E-state index contributed by atoms with van der Waals surface area (Å²) in [5, 5.41) is 2.82. The number of carbonyl (C=O) groups is 1. The van der Waals surface area contributed by atoms with Gasteiger partial charge < -0.3 is 20.2 Å². The average molecular weight is 277 g/mol. The number of fused-ring (bicyclic) bond motifs is 1. The summed E-state index contributed by atoms with van der Waals surface area (Å²) in [5.41, 5.74) is 7.69. The Morgan fingerprint density at radius 1 is 1.55 bits per heavy atom. The molecule has 1 aromatic heterocycles. The first-order chi connectivity index (χ1) is 9.58. The molecule has 0 radical (unpaired) electrons. The van der Waals surface area contributed by atoms with Crippen molar-refractivity contribution in [1.82, 2.24) is 4.98 Å². The molecule has 20 heavy (non-hydrogen) atoms. The largest absolute Gasteiger partial charge is 0.438 e. The second-order valence-corrected chi connectivity index (χ2v) is 4.79. The van der Waals surface area contributed by atoms with Gasteiger partial charge >= 0.3 is 0 Å². The minimum atomic E-state index is -0.0535. The predicted octanol–water partition coefficient (Wildman–Crippen LogP) is 2.04. The second-order valence-electron chi connectivity index (χ2n) is 4.79. The zero-order valence-corrected chi connectivity index (χ0v) is 11.7. The fraction of sp³-hybridized carbons (Fsp3) is 0.429. The first-order valence-electron chi connectivity index (χ1n) is 6.52. The van der Waals surface area contributed by atoms with Gasteiger partial charge in [-0.1, -0.05) is 0 Å². The SMILES string of the molecule is COCc1nc2cc(NC(=O)CCC(C)N)ccc2o1. The number of hydrogen-bond acceptors (Lipinski definition) is 5. The summed E-state index contributed by atoms with van der Waals surface area (Å²) in [6, 6.07) is 5.37. The molecule has 1 amide bonds. The number of nitrogens with two attached hydrogens (primary N) is 1. The molecular weight excluding hydrogens is 258 g/mol. The van der Waals surface area contributed by atoms with Gasteiger partial charge in [-0.05, 0) is 31.5 Å². The minimum absolute atomic E-state index is 0.0235. The van der Waals surface area contributed by atoms with Gasteiger partial charge in [-0.3, -0.25) is 4.79 Å². The van der Waals surface area contributed by atoms with Crippen LogP contribution in [0.3, 0.4) is 0 Å². The summed E-state index contributed by atoms with van der Waals surface area (Å²) < 4.78 is 10.5. The van der Waals surface area contributed by atoms with E-state index in [4.69, 9.17) is 14.9 Å². The highest BCUT2D eigenvalue weighted by atomic mass is 16.5. The number of aromatic nitrogens is 1. The Kier molecular flexibility index (Phi) is 4.70. The van der Waals surface area contributed by atoms with E-state index in [1.807, 2.05) is 6.92 Å². The fourth-order valence-electron chi connectivity index (χ4n) is 1.82. The standard InChI is InChI=1S/C14H19N3O3/c1-9(15)3-6-13(18)16-10-4-5-12-11(7-10)17-14(20-12)8-19-2/h4-5,7,9H,3,6,8,15H2,1-2H3,(H,16,18). The van der Waals surface area contributed by atoms with E-state index in [1.54, 1.807) is 25.3 Å². The molecule has 1 heterocycles. The topological polar surface area (TPSA) is 90.4 Å². The number of carbonyl (C=O) groups excluding carboxylic acids is 1. The highest BCUT2D eigenvalue weighted by molar-refractivity contribution is 5.92. The molecule has 0 spiro atoms. The zero-order valence-electron chi connectivity index (χ0n) is 11.7. The third-order valence-corrected chi connectivity index (χ3v) is 2.81. The lowest BCUT2D eigenvalue weighted by atomic mass is 10.2. The number of oxazole rings is 1. The van der Waals surface area contributed by atoms with Crippen LogP contribution in [0, 0.1) is 0 Å². The van der Waals surface area contributed by atoms with Crippen molar-refractivity contribution >= 4 is 22.7 Å². The number of amides is 1. The zero-order chi connectivity index (χ0) is 14.5. The fourth-order valence-corrected chi connectivity index (χ4v) is 1.82. The summed E-state index contributed by atoms with van der Waals surface area (Å²) >= 11 is 0.